The molecule has 22 heavy (non-hydrogen) atoms. The van der Waals surface area contributed by atoms with Crippen LogP contribution in [0.4, 0.5) is 0 Å². The molecule has 0 bridgehead atoms. The fraction of sp³-hybridized carbons (Fsp3) is 0.500. The Bertz CT molecular complexity index is 656. The fourth-order valence-electron chi connectivity index (χ4n) is 4.78. The summed E-state index contributed by atoms with van der Waals surface area (Å²) in [6.07, 6.45) is 10.2. The molecule has 2 heteroatoms. The van der Waals surface area contributed by atoms with Crippen molar-refractivity contribution in [2.24, 2.45) is 11.8 Å². The summed E-state index contributed by atoms with van der Waals surface area (Å²) >= 11 is 0. The number of hydrogen-bond donors (Lipinski definition) is 2. The van der Waals surface area contributed by atoms with Crippen LogP contribution >= 0.6 is 0 Å². The summed E-state index contributed by atoms with van der Waals surface area (Å²) in [6.45, 7) is 0. The number of nitrogens with one attached hydrogen (secondary N) is 2. The fourth-order valence-corrected chi connectivity index (χ4v) is 4.78. The van der Waals surface area contributed by atoms with Gasteiger partial charge < -0.3 is 0 Å². The first-order chi connectivity index (χ1) is 10.8. The molecule has 0 radical (unpaired) electrons. The minimum absolute atomic E-state index is 0.444. The van der Waals surface area contributed by atoms with Gasteiger partial charge in [0.2, 0.25) is 0 Å². The standard InChI is InChI=1S/C20H24N2/c21-19-16-12-6-5-11-15(16)17(13-7-1-2-8-13)18(20(19)22)14-9-3-4-10-14/h5-6,11-14,21-22H,1-4,7-10H2. The number of hydrogen-bond acceptors (Lipinski definition) is 2. The van der Waals surface area contributed by atoms with E-state index >= 15 is 0 Å². The van der Waals surface area contributed by atoms with E-state index in [9.17, 15) is 0 Å². The predicted octanol–water partition coefficient (Wildman–Crippen LogP) is 5.22. The van der Waals surface area contributed by atoms with Crippen LogP contribution in [0.15, 0.2) is 29.8 Å². The van der Waals surface area contributed by atoms with Crippen LogP contribution in [-0.2, 0) is 0 Å². The third-order valence-electron chi connectivity index (χ3n) is 5.82. The lowest BCUT2D eigenvalue weighted by atomic mass is 9.73. The van der Waals surface area contributed by atoms with Gasteiger partial charge in [-0.1, -0.05) is 49.9 Å². The molecule has 0 saturated heterocycles. The van der Waals surface area contributed by atoms with Gasteiger partial charge in [0.1, 0.15) is 0 Å². The Kier molecular flexibility index (Phi) is 3.48. The lowest BCUT2D eigenvalue weighted by molar-refractivity contribution is 0.642. The van der Waals surface area contributed by atoms with Crippen molar-refractivity contribution in [2.75, 3.05) is 0 Å². The van der Waals surface area contributed by atoms with Crippen LogP contribution < -0.4 is 0 Å². The molecular formula is C20H24N2. The van der Waals surface area contributed by atoms with Gasteiger partial charge in [-0.2, -0.15) is 0 Å². The highest BCUT2D eigenvalue weighted by Gasteiger charge is 2.36. The highest BCUT2D eigenvalue weighted by atomic mass is 14.6. The van der Waals surface area contributed by atoms with Crippen molar-refractivity contribution in [1.29, 1.82) is 10.8 Å². The van der Waals surface area contributed by atoms with Gasteiger partial charge in [-0.25, -0.2) is 0 Å². The van der Waals surface area contributed by atoms with Gasteiger partial charge in [-0.15, -0.1) is 0 Å². The summed E-state index contributed by atoms with van der Waals surface area (Å²) in [5.74, 6) is 1.14. The van der Waals surface area contributed by atoms with Crippen LogP contribution in [0.2, 0.25) is 0 Å². The molecule has 0 amide bonds. The molecule has 3 aliphatic carbocycles. The SMILES string of the molecule is N=C1C(=N)c2ccccc2C(C2CCCC2)=C1C1CCCC1. The van der Waals surface area contributed by atoms with Gasteiger partial charge in [0.15, 0.2) is 0 Å². The Morgan fingerprint density at radius 3 is 1.73 bits per heavy atom. The predicted molar refractivity (Wildman–Crippen MR) is 91.8 cm³/mol. The smallest absolute Gasteiger partial charge is 0.0870 e. The molecular weight excluding hydrogens is 268 g/mol. The maximum absolute atomic E-state index is 8.66. The minimum Gasteiger partial charge on any atom is -0.298 e. The van der Waals surface area contributed by atoms with E-state index in [4.69, 9.17) is 10.8 Å². The van der Waals surface area contributed by atoms with Crippen LogP contribution in [0.5, 0.6) is 0 Å². The molecule has 3 aliphatic rings. The zero-order chi connectivity index (χ0) is 15.1. The van der Waals surface area contributed by atoms with E-state index in [-0.39, 0.29) is 0 Å². The van der Waals surface area contributed by atoms with Gasteiger partial charge in [-0.3, -0.25) is 10.8 Å². The highest BCUT2D eigenvalue weighted by Crippen LogP contribution is 2.46. The van der Waals surface area contributed by atoms with Crippen LogP contribution in [0.3, 0.4) is 0 Å². The summed E-state index contributed by atoms with van der Waals surface area (Å²) in [4.78, 5) is 0. The van der Waals surface area contributed by atoms with Crippen molar-refractivity contribution in [3.8, 4) is 0 Å². The van der Waals surface area contributed by atoms with Crippen molar-refractivity contribution < 1.29 is 0 Å². The number of fused-ring (bicyclic) bond motifs is 1. The second-order valence-electron chi connectivity index (χ2n) is 7.09. The number of benzene rings is 1. The van der Waals surface area contributed by atoms with E-state index in [1.54, 1.807) is 0 Å². The summed E-state index contributed by atoms with van der Waals surface area (Å²) in [6, 6.07) is 8.33. The molecule has 1 aromatic rings. The first-order valence-electron chi connectivity index (χ1n) is 8.79. The lowest BCUT2D eigenvalue weighted by Crippen LogP contribution is -2.28. The Labute approximate surface area is 132 Å². The molecule has 4 rings (SSSR count). The van der Waals surface area contributed by atoms with Crippen molar-refractivity contribution in [1.82, 2.24) is 0 Å². The first-order valence-corrected chi connectivity index (χ1v) is 8.79. The lowest BCUT2D eigenvalue weighted by Gasteiger charge is -2.31. The zero-order valence-electron chi connectivity index (χ0n) is 13.1. The molecule has 1 aromatic carbocycles. The quantitative estimate of drug-likeness (QED) is 0.750. The van der Waals surface area contributed by atoms with Gasteiger partial charge in [-0.05, 0) is 54.2 Å². The van der Waals surface area contributed by atoms with Crippen molar-refractivity contribution in [3.05, 3.63) is 41.0 Å². The normalized spacial score (nSPS) is 23.5. The molecule has 0 atom stereocenters. The summed E-state index contributed by atoms with van der Waals surface area (Å²) in [7, 11) is 0. The molecule has 0 heterocycles. The average Bonchev–Trinajstić information content (AvgIpc) is 3.23. The monoisotopic (exact) mass is 292 g/mol. The molecule has 2 fully saturated rings. The number of rotatable bonds is 2. The zero-order valence-corrected chi connectivity index (χ0v) is 13.1. The van der Waals surface area contributed by atoms with Gasteiger partial charge in [0, 0.05) is 5.56 Å². The minimum atomic E-state index is 0.444. The average molecular weight is 292 g/mol. The van der Waals surface area contributed by atoms with Gasteiger partial charge in [0.05, 0.1) is 11.4 Å². The van der Waals surface area contributed by atoms with E-state index in [2.05, 4.69) is 12.1 Å². The van der Waals surface area contributed by atoms with Crippen molar-refractivity contribution >= 4 is 17.0 Å². The molecule has 114 valence electrons. The summed E-state index contributed by atoms with van der Waals surface area (Å²) in [5, 5.41) is 17.1. The molecule has 0 aromatic heterocycles. The van der Waals surface area contributed by atoms with Crippen LogP contribution in [-0.4, -0.2) is 11.4 Å². The maximum atomic E-state index is 8.66. The maximum Gasteiger partial charge on any atom is 0.0870 e. The van der Waals surface area contributed by atoms with E-state index in [0.717, 1.165) is 5.56 Å². The molecule has 2 N–H and O–H groups in total. The van der Waals surface area contributed by atoms with E-state index in [1.165, 1.54) is 68.1 Å². The van der Waals surface area contributed by atoms with Gasteiger partial charge in [0.25, 0.3) is 0 Å². The molecule has 0 spiro atoms. The third-order valence-corrected chi connectivity index (χ3v) is 5.82. The van der Waals surface area contributed by atoms with Crippen LogP contribution in [0.25, 0.3) is 5.57 Å². The van der Waals surface area contributed by atoms with Gasteiger partial charge >= 0.3 is 0 Å². The molecule has 2 saturated carbocycles. The second kappa shape index (κ2) is 5.49. The first kappa shape index (κ1) is 13.9. The van der Waals surface area contributed by atoms with Crippen molar-refractivity contribution in [2.45, 2.75) is 51.4 Å². The second-order valence-corrected chi connectivity index (χ2v) is 7.09. The summed E-state index contributed by atoms with van der Waals surface area (Å²) < 4.78 is 0. The molecule has 0 unspecified atom stereocenters. The Morgan fingerprint density at radius 1 is 0.636 bits per heavy atom. The topological polar surface area (TPSA) is 47.7 Å². The molecule has 2 nitrogen and oxygen atoms in total. The van der Waals surface area contributed by atoms with E-state index in [1.807, 2.05) is 12.1 Å². The van der Waals surface area contributed by atoms with E-state index in [0.29, 0.717) is 23.3 Å². The van der Waals surface area contributed by atoms with Crippen LogP contribution in [0.1, 0.15) is 62.5 Å². The van der Waals surface area contributed by atoms with E-state index < -0.39 is 0 Å². The number of allylic oxidation sites excluding steroid dienone is 2. The third kappa shape index (κ3) is 2.08. The highest BCUT2D eigenvalue weighted by molar-refractivity contribution is 6.54. The Hall–Kier alpha value is -1.70. The largest absolute Gasteiger partial charge is 0.298 e. The molecule has 0 aliphatic heterocycles. The van der Waals surface area contributed by atoms with Crippen LogP contribution in [0, 0.1) is 22.7 Å². The summed E-state index contributed by atoms with van der Waals surface area (Å²) in [5.41, 5.74) is 5.90. The van der Waals surface area contributed by atoms with Crippen molar-refractivity contribution in [3.63, 3.8) is 0 Å². The Morgan fingerprint density at radius 2 is 1.14 bits per heavy atom. The Balaban J connectivity index is 1.93.